The molecule has 0 aliphatic rings. The summed E-state index contributed by atoms with van der Waals surface area (Å²) in [6, 6.07) is 0. The maximum absolute atomic E-state index is 12.0. The van der Waals surface area contributed by atoms with Crippen molar-refractivity contribution in [2.45, 2.75) is 33.9 Å². The first-order valence-electron chi connectivity index (χ1n) is 6.26. The van der Waals surface area contributed by atoms with Gasteiger partial charge in [-0.05, 0) is 12.8 Å². The Morgan fingerprint density at radius 1 is 1.32 bits per heavy atom. The van der Waals surface area contributed by atoms with Crippen LogP contribution in [0.3, 0.4) is 0 Å². The highest BCUT2D eigenvalue weighted by Gasteiger charge is 2.16. The second kappa shape index (κ2) is 5.00. The highest BCUT2D eigenvalue weighted by molar-refractivity contribution is 5.70. The molecule has 0 atom stereocenters. The van der Waals surface area contributed by atoms with Crippen LogP contribution >= 0.6 is 0 Å². The second-order valence-electron chi connectivity index (χ2n) is 4.97. The van der Waals surface area contributed by atoms with E-state index in [4.69, 9.17) is 5.11 Å². The quantitative estimate of drug-likeness (QED) is 0.804. The molecule has 104 valence electrons. The molecule has 0 aliphatic heterocycles. The summed E-state index contributed by atoms with van der Waals surface area (Å²) < 4.78 is 3.21. The van der Waals surface area contributed by atoms with E-state index in [-0.39, 0.29) is 18.0 Å². The maximum Gasteiger partial charge on any atom is 0.330 e. The van der Waals surface area contributed by atoms with Crippen LogP contribution in [0.4, 0.5) is 0 Å². The lowest BCUT2D eigenvalue weighted by atomic mass is 10.2. The molecule has 0 saturated carbocycles. The topological polar surface area (TPSA) is 92.9 Å². The smallest absolute Gasteiger partial charge is 0.330 e. The average molecular weight is 266 g/mol. The van der Waals surface area contributed by atoms with Crippen LogP contribution in [0, 0.1) is 12.8 Å². The predicted octanol–water partition coefficient (Wildman–Crippen LogP) is -0.157. The summed E-state index contributed by atoms with van der Waals surface area (Å²) in [5.41, 5.74) is -0.203. The number of aliphatic hydroxyl groups is 1. The zero-order valence-corrected chi connectivity index (χ0v) is 11.3. The number of hydrogen-bond acceptors (Lipinski definition) is 4. The first-order valence-corrected chi connectivity index (χ1v) is 6.26. The Balaban J connectivity index is 2.85. The van der Waals surface area contributed by atoms with Crippen molar-refractivity contribution in [3.8, 4) is 0 Å². The van der Waals surface area contributed by atoms with Gasteiger partial charge in [-0.2, -0.15) is 0 Å². The molecule has 0 amide bonds. The molecule has 0 aromatic carbocycles. The molecule has 2 N–H and O–H groups in total. The van der Waals surface area contributed by atoms with Gasteiger partial charge in [0.15, 0.2) is 5.52 Å². The zero-order chi connectivity index (χ0) is 14.2. The fraction of sp³-hybridized carbons (Fsp3) is 0.583. The standard InChI is InChI=1S/C12H18N4O3/c1-7(2)6-16-11-9(10(18)14-12(16)19)13-8(3)15(11)4-5-17/h7,17H,4-6H2,1-3H3,(H,14,18,19). The average Bonchev–Trinajstić information content (AvgIpc) is 2.63. The van der Waals surface area contributed by atoms with Gasteiger partial charge in [0.05, 0.1) is 6.61 Å². The number of aryl methyl sites for hydroxylation is 1. The van der Waals surface area contributed by atoms with Crippen molar-refractivity contribution >= 4 is 11.2 Å². The number of hydrogen-bond donors (Lipinski definition) is 2. The van der Waals surface area contributed by atoms with Crippen LogP contribution in [0.1, 0.15) is 19.7 Å². The first-order chi connectivity index (χ1) is 8.95. The van der Waals surface area contributed by atoms with Gasteiger partial charge < -0.3 is 9.67 Å². The molecule has 2 aromatic heterocycles. The lowest BCUT2D eigenvalue weighted by molar-refractivity contribution is 0.275. The number of aromatic nitrogens is 4. The minimum absolute atomic E-state index is 0.0744. The van der Waals surface area contributed by atoms with Gasteiger partial charge in [0.1, 0.15) is 11.5 Å². The van der Waals surface area contributed by atoms with Gasteiger partial charge in [0.25, 0.3) is 5.56 Å². The number of nitrogens with one attached hydrogen (secondary N) is 1. The highest BCUT2D eigenvalue weighted by atomic mass is 16.3. The molecule has 0 bridgehead atoms. The van der Waals surface area contributed by atoms with E-state index in [9.17, 15) is 9.59 Å². The second-order valence-corrected chi connectivity index (χ2v) is 4.97. The normalized spacial score (nSPS) is 11.6. The van der Waals surface area contributed by atoms with Gasteiger partial charge in [0.2, 0.25) is 0 Å². The summed E-state index contributed by atoms with van der Waals surface area (Å²) in [4.78, 5) is 30.2. The van der Waals surface area contributed by atoms with Crippen molar-refractivity contribution in [1.82, 2.24) is 19.1 Å². The van der Waals surface area contributed by atoms with Crippen LogP contribution in [0.15, 0.2) is 9.59 Å². The summed E-state index contributed by atoms with van der Waals surface area (Å²) in [5.74, 6) is 0.863. The van der Waals surface area contributed by atoms with Gasteiger partial charge in [-0.15, -0.1) is 0 Å². The van der Waals surface area contributed by atoms with Crippen molar-refractivity contribution in [3.05, 3.63) is 26.7 Å². The van der Waals surface area contributed by atoms with Crippen molar-refractivity contribution in [1.29, 1.82) is 0 Å². The van der Waals surface area contributed by atoms with E-state index in [0.29, 0.717) is 24.6 Å². The van der Waals surface area contributed by atoms with Gasteiger partial charge >= 0.3 is 5.69 Å². The largest absolute Gasteiger partial charge is 0.395 e. The summed E-state index contributed by atoms with van der Waals surface area (Å²) in [6.45, 7) is 6.45. The minimum Gasteiger partial charge on any atom is -0.395 e. The molecule has 2 heterocycles. The first kappa shape index (κ1) is 13.5. The third-order valence-corrected chi connectivity index (χ3v) is 2.94. The van der Waals surface area contributed by atoms with Crippen LogP contribution in [0.5, 0.6) is 0 Å². The van der Waals surface area contributed by atoms with Crippen LogP contribution in [-0.4, -0.2) is 30.8 Å². The number of H-pyrrole nitrogens is 1. The molecule has 2 aromatic rings. The van der Waals surface area contributed by atoms with Crippen molar-refractivity contribution < 1.29 is 5.11 Å². The van der Waals surface area contributed by atoms with Gasteiger partial charge in [-0.25, -0.2) is 9.78 Å². The Labute approximate surface area is 109 Å². The molecular formula is C12H18N4O3. The van der Waals surface area contributed by atoms with Gasteiger partial charge in [-0.3, -0.25) is 14.3 Å². The van der Waals surface area contributed by atoms with E-state index >= 15 is 0 Å². The van der Waals surface area contributed by atoms with Crippen molar-refractivity contribution in [3.63, 3.8) is 0 Å². The number of imidazole rings is 1. The Hall–Kier alpha value is -1.89. The molecule has 0 spiro atoms. The van der Waals surface area contributed by atoms with E-state index in [1.54, 1.807) is 11.5 Å². The summed E-state index contributed by atoms with van der Waals surface area (Å²) in [6.07, 6.45) is 0. The predicted molar refractivity (Wildman–Crippen MR) is 71.3 cm³/mol. The van der Waals surface area contributed by atoms with Crippen molar-refractivity contribution in [2.75, 3.05) is 6.61 Å². The Morgan fingerprint density at radius 2 is 2.00 bits per heavy atom. The van der Waals surface area contributed by atoms with E-state index in [1.807, 2.05) is 13.8 Å². The fourth-order valence-corrected chi connectivity index (χ4v) is 2.20. The fourth-order valence-electron chi connectivity index (χ4n) is 2.20. The maximum atomic E-state index is 12.0. The molecule has 0 fully saturated rings. The third kappa shape index (κ3) is 2.33. The molecule has 7 nitrogen and oxygen atoms in total. The summed E-state index contributed by atoms with van der Waals surface area (Å²) in [5, 5.41) is 9.11. The van der Waals surface area contributed by atoms with E-state index in [2.05, 4.69) is 9.97 Å². The number of nitrogens with zero attached hydrogens (tertiary/aromatic N) is 3. The number of fused-ring (bicyclic) bond motifs is 1. The molecule has 19 heavy (non-hydrogen) atoms. The summed E-state index contributed by atoms with van der Waals surface area (Å²) >= 11 is 0. The summed E-state index contributed by atoms with van der Waals surface area (Å²) in [7, 11) is 0. The molecular weight excluding hydrogens is 248 g/mol. The molecule has 0 unspecified atom stereocenters. The Bertz CT molecular complexity index is 708. The highest BCUT2D eigenvalue weighted by Crippen LogP contribution is 2.12. The van der Waals surface area contributed by atoms with Crippen LogP contribution in [-0.2, 0) is 13.1 Å². The Morgan fingerprint density at radius 3 is 2.58 bits per heavy atom. The van der Waals surface area contributed by atoms with Gasteiger partial charge in [-0.1, -0.05) is 13.8 Å². The van der Waals surface area contributed by atoms with Gasteiger partial charge in [0, 0.05) is 13.1 Å². The molecule has 7 heteroatoms. The lowest BCUT2D eigenvalue weighted by Crippen LogP contribution is -2.32. The number of aliphatic hydroxyl groups excluding tert-OH is 1. The van der Waals surface area contributed by atoms with Crippen molar-refractivity contribution in [2.24, 2.45) is 5.92 Å². The zero-order valence-electron chi connectivity index (χ0n) is 11.3. The molecule has 0 aliphatic carbocycles. The van der Waals surface area contributed by atoms with E-state index in [0.717, 1.165) is 0 Å². The lowest BCUT2D eigenvalue weighted by Gasteiger charge is -2.12. The molecule has 0 radical (unpaired) electrons. The Kier molecular flexibility index (Phi) is 3.57. The molecule has 0 saturated heterocycles. The monoisotopic (exact) mass is 266 g/mol. The number of aromatic amines is 1. The van der Waals surface area contributed by atoms with E-state index < -0.39 is 11.2 Å². The van der Waals surface area contributed by atoms with Crippen LogP contribution < -0.4 is 11.2 Å². The number of rotatable bonds is 4. The third-order valence-electron chi connectivity index (χ3n) is 2.94. The molecule has 2 rings (SSSR count). The van der Waals surface area contributed by atoms with Crippen LogP contribution in [0.2, 0.25) is 0 Å². The van der Waals surface area contributed by atoms with E-state index in [1.165, 1.54) is 4.57 Å². The SMILES string of the molecule is Cc1nc2c(=O)[nH]c(=O)n(CC(C)C)c2n1CCO. The van der Waals surface area contributed by atoms with Crippen LogP contribution in [0.25, 0.3) is 11.2 Å². The minimum atomic E-state index is -0.486.